The number of aromatic nitrogens is 3. The molecular formula is C18H16F2N6. The molecule has 4 rings (SSSR count). The Morgan fingerprint density at radius 1 is 1.31 bits per heavy atom. The number of likely N-dealkylation sites (N-methyl/N-ethyl adjacent to an activating group) is 1. The topological polar surface area (TPSA) is 71.8 Å². The van der Waals surface area contributed by atoms with Crippen molar-refractivity contribution < 1.29 is 8.78 Å². The molecule has 1 fully saturated rings. The zero-order chi connectivity index (χ0) is 18.3. The minimum Gasteiger partial charge on any atom is -0.370 e. The van der Waals surface area contributed by atoms with E-state index in [1.807, 2.05) is 17.2 Å². The Hall–Kier alpha value is -3.21. The maximum absolute atomic E-state index is 13.9. The Balaban J connectivity index is 1.57. The largest absolute Gasteiger partial charge is 0.370 e. The van der Waals surface area contributed by atoms with Gasteiger partial charge in [0.25, 0.3) is 0 Å². The summed E-state index contributed by atoms with van der Waals surface area (Å²) >= 11 is 0. The number of nitrogens with zero attached hydrogens (tertiary/aromatic N) is 5. The number of fused-ring (bicyclic) bond motifs is 1. The monoisotopic (exact) mass is 354 g/mol. The van der Waals surface area contributed by atoms with Crippen molar-refractivity contribution in [2.75, 3.05) is 29.9 Å². The van der Waals surface area contributed by atoms with Gasteiger partial charge in [-0.05, 0) is 24.6 Å². The highest BCUT2D eigenvalue weighted by atomic mass is 19.1. The van der Waals surface area contributed by atoms with Gasteiger partial charge >= 0.3 is 0 Å². The van der Waals surface area contributed by atoms with E-state index in [2.05, 4.69) is 19.9 Å². The molecule has 0 spiro atoms. The highest BCUT2D eigenvalue weighted by Crippen LogP contribution is 2.29. The lowest BCUT2D eigenvalue weighted by Gasteiger charge is -2.27. The number of nitrogens with one attached hydrogen (secondary N) is 1. The number of hydrogen-bond acceptors (Lipinski definition) is 5. The molecule has 0 radical (unpaired) electrons. The zero-order valence-electron chi connectivity index (χ0n) is 14.1. The van der Waals surface area contributed by atoms with Crippen LogP contribution >= 0.6 is 0 Å². The molecule has 1 saturated heterocycles. The fraction of sp³-hybridized carbons (Fsp3) is 0.278. The van der Waals surface area contributed by atoms with Crippen molar-refractivity contribution in [1.29, 1.82) is 5.26 Å². The SMILES string of the molecule is CN(c1cc(F)c(C#N)c(F)c1)[C@@H]1CCN(c2ncnc3[nH]ccc23)C1. The van der Waals surface area contributed by atoms with Gasteiger partial charge < -0.3 is 14.8 Å². The summed E-state index contributed by atoms with van der Waals surface area (Å²) in [7, 11) is 1.81. The average molecular weight is 354 g/mol. The van der Waals surface area contributed by atoms with Crippen LogP contribution in [0.1, 0.15) is 12.0 Å². The molecule has 2 aromatic heterocycles. The number of H-pyrrole nitrogens is 1. The number of halogens is 2. The van der Waals surface area contributed by atoms with Crippen LogP contribution in [0.25, 0.3) is 11.0 Å². The third-order valence-electron chi connectivity index (χ3n) is 4.89. The van der Waals surface area contributed by atoms with Crippen LogP contribution in [0.4, 0.5) is 20.3 Å². The molecule has 6 nitrogen and oxygen atoms in total. The van der Waals surface area contributed by atoms with Gasteiger partial charge in [0, 0.05) is 38.1 Å². The van der Waals surface area contributed by atoms with Crippen LogP contribution in [0.3, 0.4) is 0 Å². The van der Waals surface area contributed by atoms with E-state index in [0.29, 0.717) is 12.2 Å². The predicted molar refractivity (Wildman–Crippen MR) is 94.0 cm³/mol. The van der Waals surface area contributed by atoms with Gasteiger partial charge in [-0.15, -0.1) is 0 Å². The highest BCUT2D eigenvalue weighted by Gasteiger charge is 2.29. The molecule has 0 saturated carbocycles. The van der Waals surface area contributed by atoms with Crippen LogP contribution in [-0.2, 0) is 0 Å². The normalized spacial score (nSPS) is 16.8. The Kier molecular flexibility index (Phi) is 3.92. The first kappa shape index (κ1) is 16.3. The number of hydrogen-bond donors (Lipinski definition) is 1. The third kappa shape index (κ3) is 2.62. The summed E-state index contributed by atoms with van der Waals surface area (Å²) in [5.41, 5.74) is 0.648. The first-order chi connectivity index (χ1) is 12.6. The van der Waals surface area contributed by atoms with Crippen molar-refractivity contribution >= 4 is 22.5 Å². The van der Waals surface area contributed by atoms with E-state index in [1.54, 1.807) is 13.1 Å². The quantitative estimate of drug-likeness (QED) is 0.783. The van der Waals surface area contributed by atoms with Crippen molar-refractivity contribution in [2.24, 2.45) is 0 Å². The molecule has 0 unspecified atom stereocenters. The van der Waals surface area contributed by atoms with Crippen molar-refractivity contribution in [3.05, 3.63) is 47.9 Å². The van der Waals surface area contributed by atoms with Crippen LogP contribution in [0, 0.1) is 23.0 Å². The van der Waals surface area contributed by atoms with Crippen molar-refractivity contribution in [3.8, 4) is 6.07 Å². The van der Waals surface area contributed by atoms with Gasteiger partial charge in [-0.3, -0.25) is 0 Å². The Morgan fingerprint density at radius 2 is 2.08 bits per heavy atom. The van der Waals surface area contributed by atoms with Crippen LogP contribution in [0.5, 0.6) is 0 Å². The molecule has 0 bridgehead atoms. The number of rotatable bonds is 3. The molecule has 1 N–H and O–H groups in total. The van der Waals surface area contributed by atoms with E-state index >= 15 is 0 Å². The number of nitriles is 1. The lowest BCUT2D eigenvalue weighted by atomic mass is 10.1. The van der Waals surface area contributed by atoms with Gasteiger partial charge in [0.15, 0.2) is 0 Å². The van der Waals surface area contributed by atoms with Crippen molar-refractivity contribution in [3.63, 3.8) is 0 Å². The summed E-state index contributed by atoms with van der Waals surface area (Å²) in [6, 6.07) is 5.98. The van der Waals surface area contributed by atoms with Crippen LogP contribution in [-0.4, -0.2) is 41.1 Å². The molecule has 26 heavy (non-hydrogen) atoms. The molecule has 1 aromatic carbocycles. The third-order valence-corrected chi connectivity index (χ3v) is 4.89. The summed E-state index contributed by atoms with van der Waals surface area (Å²) in [5.74, 6) is -0.826. The van der Waals surface area contributed by atoms with E-state index < -0.39 is 17.2 Å². The smallest absolute Gasteiger partial charge is 0.146 e. The maximum atomic E-state index is 13.9. The van der Waals surface area contributed by atoms with E-state index in [0.717, 1.165) is 29.8 Å². The molecule has 3 heterocycles. The lowest BCUT2D eigenvalue weighted by molar-refractivity contribution is 0.573. The van der Waals surface area contributed by atoms with Gasteiger partial charge in [0.2, 0.25) is 0 Å². The fourth-order valence-corrected chi connectivity index (χ4v) is 3.44. The van der Waals surface area contributed by atoms with E-state index in [-0.39, 0.29) is 6.04 Å². The average Bonchev–Trinajstić information content (AvgIpc) is 3.30. The predicted octanol–water partition coefficient (Wildman–Crippen LogP) is 2.82. The minimum atomic E-state index is -0.839. The van der Waals surface area contributed by atoms with Gasteiger partial charge in [0.1, 0.15) is 41.1 Å². The van der Waals surface area contributed by atoms with Crippen molar-refractivity contribution in [1.82, 2.24) is 15.0 Å². The summed E-state index contributed by atoms with van der Waals surface area (Å²) in [5, 5.41) is 9.76. The molecule has 8 heteroatoms. The lowest BCUT2D eigenvalue weighted by Crippen LogP contribution is -2.35. The molecule has 1 aliphatic heterocycles. The van der Waals surface area contributed by atoms with Gasteiger partial charge in [-0.1, -0.05) is 0 Å². The van der Waals surface area contributed by atoms with Crippen LogP contribution < -0.4 is 9.80 Å². The van der Waals surface area contributed by atoms with Gasteiger partial charge in [-0.25, -0.2) is 18.7 Å². The standard InChI is InChI=1S/C18H16F2N6/c1-25(12-6-15(19)14(8-21)16(20)7-12)11-3-5-26(9-11)18-13-2-4-22-17(13)23-10-24-18/h2,4,6-7,10-11H,3,5,9H2,1H3,(H,22,23,24)/t11-/m1/s1. The first-order valence-electron chi connectivity index (χ1n) is 8.23. The van der Waals surface area contributed by atoms with Crippen LogP contribution in [0.15, 0.2) is 30.7 Å². The maximum Gasteiger partial charge on any atom is 0.146 e. The number of benzene rings is 1. The second-order valence-electron chi connectivity index (χ2n) is 6.33. The zero-order valence-corrected chi connectivity index (χ0v) is 14.1. The molecular weight excluding hydrogens is 338 g/mol. The first-order valence-corrected chi connectivity index (χ1v) is 8.23. The Labute approximate surface area is 148 Å². The Morgan fingerprint density at radius 3 is 2.81 bits per heavy atom. The van der Waals surface area contributed by atoms with Crippen molar-refractivity contribution in [2.45, 2.75) is 12.5 Å². The second kappa shape index (κ2) is 6.26. The summed E-state index contributed by atoms with van der Waals surface area (Å²) < 4.78 is 27.8. The summed E-state index contributed by atoms with van der Waals surface area (Å²) in [4.78, 5) is 15.7. The molecule has 1 aliphatic rings. The molecule has 132 valence electrons. The van der Waals surface area contributed by atoms with E-state index in [1.165, 1.54) is 18.5 Å². The molecule has 1 atom stereocenters. The van der Waals surface area contributed by atoms with E-state index in [4.69, 9.17) is 5.26 Å². The Bertz CT molecular complexity index is 985. The molecule has 0 aliphatic carbocycles. The molecule has 3 aromatic rings. The second-order valence-corrected chi connectivity index (χ2v) is 6.33. The fourth-order valence-electron chi connectivity index (χ4n) is 3.44. The number of aromatic amines is 1. The van der Waals surface area contributed by atoms with E-state index in [9.17, 15) is 8.78 Å². The summed E-state index contributed by atoms with van der Waals surface area (Å²) in [6.45, 7) is 1.46. The highest BCUT2D eigenvalue weighted by molar-refractivity contribution is 5.87. The molecule has 0 amide bonds. The number of anilines is 2. The minimum absolute atomic E-state index is 0.0747. The van der Waals surface area contributed by atoms with Crippen LogP contribution in [0.2, 0.25) is 0 Å². The van der Waals surface area contributed by atoms with Gasteiger partial charge in [-0.2, -0.15) is 5.26 Å². The summed E-state index contributed by atoms with van der Waals surface area (Å²) in [6.07, 6.45) is 4.18. The van der Waals surface area contributed by atoms with Gasteiger partial charge in [0.05, 0.1) is 5.39 Å².